The van der Waals surface area contributed by atoms with Crippen molar-refractivity contribution in [2.24, 2.45) is 5.73 Å². The number of carbonyl (C=O) groups excluding carboxylic acids is 3. The first-order valence-electron chi connectivity index (χ1n) is 10.6. The second-order valence-electron chi connectivity index (χ2n) is 8.37. The Labute approximate surface area is 199 Å². The van der Waals surface area contributed by atoms with Gasteiger partial charge >= 0.3 is 5.97 Å². The first-order valence-corrected chi connectivity index (χ1v) is 11.4. The number of rotatable bonds is 2. The molecule has 1 atom stereocenters. The van der Waals surface area contributed by atoms with E-state index in [4.69, 9.17) is 10.5 Å². The number of aryl methyl sites for hydroxylation is 1. The monoisotopic (exact) mass is 507 g/mol. The summed E-state index contributed by atoms with van der Waals surface area (Å²) in [6, 6.07) is 12.9. The fourth-order valence-electron chi connectivity index (χ4n) is 5.27. The van der Waals surface area contributed by atoms with Crippen molar-refractivity contribution in [3.63, 3.8) is 0 Å². The molecule has 2 aromatic carbocycles. The van der Waals surface area contributed by atoms with Crippen molar-refractivity contribution in [1.29, 1.82) is 0 Å². The van der Waals surface area contributed by atoms with Gasteiger partial charge in [-0.1, -0.05) is 34.1 Å². The third kappa shape index (κ3) is 2.83. The van der Waals surface area contributed by atoms with E-state index >= 15 is 0 Å². The highest BCUT2D eigenvalue weighted by atomic mass is 79.9. The molecule has 2 aliphatic heterocycles. The molecule has 0 bridgehead atoms. The van der Waals surface area contributed by atoms with Crippen LogP contribution in [0.5, 0.6) is 0 Å². The SMILES string of the molecule is COC(=O)C1=C(N)N(c2ccccc2C)C2=C(C(=O)CCC2)C12C(=O)Nc1ccc(Br)cc12. The van der Waals surface area contributed by atoms with Crippen LogP contribution < -0.4 is 16.0 Å². The Morgan fingerprint density at radius 1 is 1.18 bits per heavy atom. The van der Waals surface area contributed by atoms with Crippen molar-refractivity contribution in [2.75, 3.05) is 17.3 Å². The highest BCUT2D eigenvalue weighted by molar-refractivity contribution is 9.10. The second kappa shape index (κ2) is 7.59. The summed E-state index contributed by atoms with van der Waals surface area (Å²) in [5.41, 5.74) is 8.67. The maximum atomic E-state index is 13.8. The van der Waals surface area contributed by atoms with E-state index in [-0.39, 0.29) is 23.6 Å². The number of para-hydroxylation sites is 1. The normalized spacial score (nSPS) is 21.8. The number of carbonyl (C=O) groups is 3. The smallest absolute Gasteiger partial charge is 0.339 e. The summed E-state index contributed by atoms with van der Waals surface area (Å²) >= 11 is 3.47. The largest absolute Gasteiger partial charge is 0.466 e. The molecule has 7 nitrogen and oxygen atoms in total. The number of amides is 1. The van der Waals surface area contributed by atoms with Crippen LogP contribution in [0, 0.1) is 6.92 Å². The predicted octanol–water partition coefficient (Wildman–Crippen LogP) is 3.82. The molecule has 0 saturated carbocycles. The zero-order valence-corrected chi connectivity index (χ0v) is 19.8. The molecule has 1 aliphatic carbocycles. The van der Waals surface area contributed by atoms with Crippen molar-refractivity contribution in [3.8, 4) is 0 Å². The minimum absolute atomic E-state index is 0.0448. The number of halogens is 1. The molecule has 0 aromatic heterocycles. The molecule has 2 heterocycles. The molecular weight excluding hydrogens is 486 g/mol. The van der Waals surface area contributed by atoms with E-state index in [2.05, 4.69) is 21.2 Å². The van der Waals surface area contributed by atoms with Crippen LogP contribution in [0.3, 0.4) is 0 Å². The van der Waals surface area contributed by atoms with Gasteiger partial charge in [0.15, 0.2) is 5.78 Å². The van der Waals surface area contributed by atoms with Crippen LogP contribution in [0.1, 0.15) is 30.4 Å². The van der Waals surface area contributed by atoms with Gasteiger partial charge in [0.1, 0.15) is 16.8 Å². The number of benzene rings is 2. The number of nitrogens with one attached hydrogen (secondary N) is 1. The van der Waals surface area contributed by atoms with Gasteiger partial charge in [-0.15, -0.1) is 0 Å². The van der Waals surface area contributed by atoms with Crippen LogP contribution in [0.2, 0.25) is 0 Å². The van der Waals surface area contributed by atoms with Crippen LogP contribution in [0.15, 0.2) is 69.6 Å². The van der Waals surface area contributed by atoms with Crippen LogP contribution in [0.25, 0.3) is 0 Å². The first-order chi connectivity index (χ1) is 15.8. The number of allylic oxidation sites excluding steroid dienone is 1. The fraction of sp³-hybridized carbons (Fsp3) is 0.240. The highest BCUT2D eigenvalue weighted by Gasteiger charge is 2.62. The quantitative estimate of drug-likeness (QED) is 0.599. The van der Waals surface area contributed by atoms with Crippen molar-refractivity contribution < 1.29 is 19.1 Å². The molecule has 33 heavy (non-hydrogen) atoms. The van der Waals surface area contributed by atoms with E-state index in [1.807, 2.05) is 31.2 Å². The molecule has 1 unspecified atom stereocenters. The van der Waals surface area contributed by atoms with Gasteiger partial charge in [-0.2, -0.15) is 0 Å². The van der Waals surface area contributed by atoms with Gasteiger partial charge < -0.3 is 15.8 Å². The summed E-state index contributed by atoms with van der Waals surface area (Å²) in [5, 5.41) is 2.87. The summed E-state index contributed by atoms with van der Waals surface area (Å²) in [6.45, 7) is 1.93. The van der Waals surface area contributed by atoms with E-state index in [1.54, 1.807) is 23.1 Å². The van der Waals surface area contributed by atoms with Crippen molar-refractivity contribution in [1.82, 2.24) is 0 Å². The lowest BCUT2D eigenvalue weighted by atomic mass is 9.63. The van der Waals surface area contributed by atoms with Gasteiger partial charge in [-0.3, -0.25) is 14.5 Å². The average molecular weight is 508 g/mol. The molecule has 1 amide bonds. The number of ether oxygens (including phenoxy) is 1. The number of hydrogen-bond acceptors (Lipinski definition) is 6. The molecule has 2 aromatic rings. The topological polar surface area (TPSA) is 102 Å². The second-order valence-corrected chi connectivity index (χ2v) is 9.28. The molecule has 1 spiro atoms. The van der Waals surface area contributed by atoms with E-state index in [0.29, 0.717) is 39.8 Å². The maximum Gasteiger partial charge on any atom is 0.339 e. The van der Waals surface area contributed by atoms with Crippen molar-refractivity contribution in [3.05, 3.63) is 80.7 Å². The standard InChI is InChI=1S/C25H22BrN3O4/c1-13-6-3-4-7-17(13)29-18-8-5-9-19(30)20(18)25(21(22(29)27)23(31)33-2)15-12-14(26)10-11-16(15)28-24(25)32/h3-4,6-7,10-12H,5,8-9,27H2,1-2H3,(H,28,32). The van der Waals surface area contributed by atoms with Gasteiger partial charge in [-0.05, 0) is 49.6 Å². The molecule has 0 saturated heterocycles. The average Bonchev–Trinajstić information content (AvgIpc) is 3.06. The van der Waals surface area contributed by atoms with E-state index in [1.165, 1.54) is 7.11 Å². The molecule has 5 rings (SSSR count). The minimum atomic E-state index is -1.68. The van der Waals surface area contributed by atoms with Crippen molar-refractivity contribution in [2.45, 2.75) is 31.6 Å². The zero-order valence-electron chi connectivity index (χ0n) is 18.2. The Kier molecular flexibility index (Phi) is 4.93. The summed E-state index contributed by atoms with van der Waals surface area (Å²) < 4.78 is 5.86. The molecule has 8 heteroatoms. The summed E-state index contributed by atoms with van der Waals surface area (Å²) in [6.07, 6.45) is 1.46. The van der Waals surface area contributed by atoms with Gasteiger partial charge in [0, 0.05) is 33.4 Å². The Morgan fingerprint density at radius 3 is 2.67 bits per heavy atom. The predicted molar refractivity (Wildman–Crippen MR) is 127 cm³/mol. The lowest BCUT2D eigenvalue weighted by Gasteiger charge is -2.44. The minimum Gasteiger partial charge on any atom is -0.466 e. The fourth-order valence-corrected chi connectivity index (χ4v) is 5.63. The van der Waals surface area contributed by atoms with Gasteiger partial charge in [0.05, 0.1) is 12.8 Å². The third-order valence-electron chi connectivity index (χ3n) is 6.62. The highest BCUT2D eigenvalue weighted by Crippen LogP contribution is 2.56. The van der Waals surface area contributed by atoms with Gasteiger partial charge in [0.25, 0.3) is 0 Å². The van der Waals surface area contributed by atoms with Crippen LogP contribution in [-0.2, 0) is 24.5 Å². The number of nitrogens with two attached hydrogens (primary N) is 1. The first kappa shape index (κ1) is 21.5. The number of anilines is 2. The molecule has 168 valence electrons. The lowest BCUT2D eigenvalue weighted by molar-refractivity contribution is -0.138. The third-order valence-corrected chi connectivity index (χ3v) is 7.12. The number of esters is 1. The summed E-state index contributed by atoms with van der Waals surface area (Å²) in [7, 11) is 1.25. The summed E-state index contributed by atoms with van der Waals surface area (Å²) in [5.74, 6) is -1.32. The van der Waals surface area contributed by atoms with Crippen LogP contribution in [0.4, 0.5) is 11.4 Å². The zero-order chi connectivity index (χ0) is 23.5. The van der Waals surface area contributed by atoms with Crippen molar-refractivity contribution >= 4 is 45.0 Å². The number of Topliss-reactive ketones (excluding diaryl/α,β-unsaturated/α-hetero) is 1. The molecular formula is C25H22BrN3O4. The molecule has 0 radical (unpaired) electrons. The van der Waals surface area contributed by atoms with Gasteiger partial charge in [0.2, 0.25) is 5.91 Å². The number of fused-ring (bicyclic) bond motifs is 3. The number of nitrogens with zero attached hydrogens (tertiary/aromatic N) is 1. The molecule has 0 fully saturated rings. The van der Waals surface area contributed by atoms with Gasteiger partial charge in [-0.25, -0.2) is 4.79 Å². The molecule has 3 N–H and O–H groups in total. The van der Waals surface area contributed by atoms with Crippen LogP contribution in [-0.4, -0.2) is 24.8 Å². The van der Waals surface area contributed by atoms with Crippen LogP contribution >= 0.6 is 15.9 Å². The Morgan fingerprint density at radius 2 is 1.94 bits per heavy atom. The maximum absolute atomic E-state index is 13.8. The number of hydrogen-bond donors (Lipinski definition) is 2. The Hall–Kier alpha value is -3.39. The van der Waals surface area contributed by atoms with E-state index < -0.39 is 17.3 Å². The number of methoxy groups -OCH3 is 1. The van der Waals surface area contributed by atoms with E-state index in [9.17, 15) is 14.4 Å². The number of ketones is 1. The Bertz CT molecular complexity index is 1310. The Balaban J connectivity index is 1.94. The van der Waals surface area contributed by atoms with E-state index in [0.717, 1.165) is 11.3 Å². The summed E-state index contributed by atoms with van der Waals surface area (Å²) in [4.78, 5) is 42.4. The lowest BCUT2D eigenvalue weighted by Crippen LogP contribution is -2.53. The molecule has 3 aliphatic rings.